The van der Waals surface area contributed by atoms with Crippen molar-refractivity contribution in [1.29, 1.82) is 0 Å². The Morgan fingerprint density at radius 2 is 2.00 bits per heavy atom. The maximum atomic E-state index is 11.0. The SMILES string of the molecule is CC(=O)Nc1ccc(NCc2ccncc2)cc1Cl. The lowest BCUT2D eigenvalue weighted by molar-refractivity contribution is -0.114. The van der Waals surface area contributed by atoms with Crippen LogP contribution in [0.25, 0.3) is 0 Å². The van der Waals surface area contributed by atoms with E-state index in [2.05, 4.69) is 15.6 Å². The molecular weight excluding hydrogens is 262 g/mol. The Kier molecular flexibility index (Phi) is 4.36. The molecule has 2 N–H and O–H groups in total. The number of hydrogen-bond acceptors (Lipinski definition) is 3. The van der Waals surface area contributed by atoms with E-state index < -0.39 is 0 Å². The van der Waals surface area contributed by atoms with Gasteiger partial charge in [-0.05, 0) is 35.9 Å². The van der Waals surface area contributed by atoms with Crippen LogP contribution in [0.4, 0.5) is 11.4 Å². The van der Waals surface area contributed by atoms with Gasteiger partial charge in [0.05, 0.1) is 10.7 Å². The number of benzene rings is 1. The van der Waals surface area contributed by atoms with E-state index in [4.69, 9.17) is 11.6 Å². The van der Waals surface area contributed by atoms with E-state index in [0.717, 1.165) is 11.3 Å². The predicted octanol–water partition coefficient (Wildman–Crippen LogP) is 3.31. The van der Waals surface area contributed by atoms with Gasteiger partial charge in [0.1, 0.15) is 0 Å². The first-order chi connectivity index (χ1) is 9.15. The van der Waals surface area contributed by atoms with E-state index in [0.29, 0.717) is 17.3 Å². The maximum Gasteiger partial charge on any atom is 0.221 e. The van der Waals surface area contributed by atoms with Crippen LogP contribution in [0.3, 0.4) is 0 Å². The number of pyridine rings is 1. The molecule has 0 radical (unpaired) electrons. The van der Waals surface area contributed by atoms with Crippen molar-refractivity contribution in [3.05, 3.63) is 53.3 Å². The van der Waals surface area contributed by atoms with Gasteiger partial charge in [-0.1, -0.05) is 11.6 Å². The van der Waals surface area contributed by atoms with Crippen molar-refractivity contribution in [2.45, 2.75) is 13.5 Å². The molecule has 19 heavy (non-hydrogen) atoms. The monoisotopic (exact) mass is 275 g/mol. The molecule has 2 rings (SSSR count). The van der Waals surface area contributed by atoms with Crippen LogP contribution in [0.15, 0.2) is 42.7 Å². The smallest absolute Gasteiger partial charge is 0.221 e. The van der Waals surface area contributed by atoms with Crippen molar-refractivity contribution < 1.29 is 4.79 Å². The fraction of sp³-hybridized carbons (Fsp3) is 0.143. The summed E-state index contributed by atoms with van der Waals surface area (Å²) in [7, 11) is 0. The number of nitrogens with zero attached hydrogens (tertiary/aromatic N) is 1. The summed E-state index contributed by atoms with van der Waals surface area (Å²) in [5.74, 6) is -0.139. The first-order valence-corrected chi connectivity index (χ1v) is 6.23. The summed E-state index contributed by atoms with van der Waals surface area (Å²) < 4.78 is 0. The van der Waals surface area contributed by atoms with Gasteiger partial charge in [-0.15, -0.1) is 0 Å². The summed E-state index contributed by atoms with van der Waals surface area (Å²) in [6, 6.07) is 9.32. The number of amides is 1. The molecule has 0 aliphatic heterocycles. The Bertz CT molecular complexity index is 572. The molecule has 1 heterocycles. The van der Waals surface area contributed by atoms with E-state index in [1.54, 1.807) is 24.5 Å². The molecule has 0 aliphatic carbocycles. The molecular formula is C14H14ClN3O. The highest BCUT2D eigenvalue weighted by atomic mass is 35.5. The molecule has 0 saturated carbocycles. The zero-order chi connectivity index (χ0) is 13.7. The van der Waals surface area contributed by atoms with Crippen molar-refractivity contribution in [3.63, 3.8) is 0 Å². The van der Waals surface area contributed by atoms with E-state index >= 15 is 0 Å². The number of carbonyl (C=O) groups excluding carboxylic acids is 1. The number of aromatic nitrogens is 1. The molecule has 98 valence electrons. The van der Waals surface area contributed by atoms with Gasteiger partial charge in [0.15, 0.2) is 0 Å². The number of rotatable bonds is 4. The largest absolute Gasteiger partial charge is 0.381 e. The maximum absolute atomic E-state index is 11.0. The molecule has 1 aromatic carbocycles. The molecule has 1 aromatic heterocycles. The molecule has 2 aromatic rings. The van der Waals surface area contributed by atoms with Gasteiger partial charge in [0.2, 0.25) is 5.91 Å². The van der Waals surface area contributed by atoms with Gasteiger partial charge >= 0.3 is 0 Å². The minimum absolute atomic E-state index is 0.139. The van der Waals surface area contributed by atoms with Crippen molar-refractivity contribution in [2.75, 3.05) is 10.6 Å². The van der Waals surface area contributed by atoms with Crippen molar-refractivity contribution >= 4 is 28.9 Å². The summed E-state index contributed by atoms with van der Waals surface area (Å²) in [6.07, 6.45) is 3.51. The van der Waals surface area contributed by atoms with Gasteiger partial charge < -0.3 is 10.6 Å². The molecule has 4 nitrogen and oxygen atoms in total. The van der Waals surface area contributed by atoms with Gasteiger partial charge in [-0.25, -0.2) is 0 Å². The molecule has 1 amide bonds. The highest BCUT2D eigenvalue weighted by Crippen LogP contribution is 2.25. The number of halogens is 1. The number of carbonyl (C=O) groups is 1. The fourth-order valence-corrected chi connectivity index (χ4v) is 1.85. The Balaban J connectivity index is 2.02. The highest BCUT2D eigenvalue weighted by molar-refractivity contribution is 6.34. The average molecular weight is 276 g/mol. The van der Waals surface area contributed by atoms with Crippen LogP contribution < -0.4 is 10.6 Å². The van der Waals surface area contributed by atoms with Crippen LogP contribution >= 0.6 is 11.6 Å². The van der Waals surface area contributed by atoms with Crippen LogP contribution in [0.2, 0.25) is 5.02 Å². The molecule has 0 unspecified atom stereocenters. The lowest BCUT2D eigenvalue weighted by Gasteiger charge is -2.09. The Labute approximate surface area is 116 Å². The van der Waals surface area contributed by atoms with Crippen LogP contribution in [-0.4, -0.2) is 10.9 Å². The molecule has 0 saturated heterocycles. The van der Waals surface area contributed by atoms with E-state index in [-0.39, 0.29) is 5.91 Å². The van der Waals surface area contributed by atoms with Crippen LogP contribution in [-0.2, 0) is 11.3 Å². The molecule has 0 fully saturated rings. The molecule has 0 aliphatic rings. The lowest BCUT2D eigenvalue weighted by Crippen LogP contribution is -2.06. The highest BCUT2D eigenvalue weighted by Gasteiger charge is 2.03. The first kappa shape index (κ1) is 13.4. The summed E-state index contributed by atoms with van der Waals surface area (Å²) in [5.41, 5.74) is 2.65. The Morgan fingerprint density at radius 1 is 1.26 bits per heavy atom. The van der Waals surface area contributed by atoms with E-state index in [9.17, 15) is 4.79 Å². The Morgan fingerprint density at radius 3 is 2.63 bits per heavy atom. The summed E-state index contributed by atoms with van der Waals surface area (Å²) in [5, 5.41) is 6.43. The minimum atomic E-state index is -0.139. The third-order valence-electron chi connectivity index (χ3n) is 2.53. The van der Waals surface area contributed by atoms with Crippen molar-refractivity contribution in [2.24, 2.45) is 0 Å². The lowest BCUT2D eigenvalue weighted by atomic mass is 10.2. The first-order valence-electron chi connectivity index (χ1n) is 5.85. The zero-order valence-corrected chi connectivity index (χ0v) is 11.2. The summed E-state index contributed by atoms with van der Waals surface area (Å²) in [4.78, 5) is 14.9. The molecule has 0 spiro atoms. The minimum Gasteiger partial charge on any atom is -0.381 e. The fourth-order valence-electron chi connectivity index (χ4n) is 1.62. The number of hydrogen-bond donors (Lipinski definition) is 2. The molecule has 5 heteroatoms. The zero-order valence-electron chi connectivity index (χ0n) is 10.5. The molecule has 0 atom stereocenters. The van der Waals surface area contributed by atoms with E-state index in [1.807, 2.05) is 18.2 Å². The summed E-state index contributed by atoms with van der Waals surface area (Å²) in [6.45, 7) is 2.14. The summed E-state index contributed by atoms with van der Waals surface area (Å²) >= 11 is 6.09. The average Bonchev–Trinajstić information content (AvgIpc) is 2.40. The van der Waals surface area contributed by atoms with Gasteiger partial charge in [-0.3, -0.25) is 9.78 Å². The quantitative estimate of drug-likeness (QED) is 0.900. The van der Waals surface area contributed by atoms with Crippen molar-refractivity contribution in [3.8, 4) is 0 Å². The number of anilines is 2. The Hall–Kier alpha value is -2.07. The second kappa shape index (κ2) is 6.20. The van der Waals surface area contributed by atoms with Gasteiger partial charge in [-0.2, -0.15) is 0 Å². The van der Waals surface area contributed by atoms with Gasteiger partial charge in [0, 0.05) is 31.5 Å². The predicted molar refractivity (Wildman–Crippen MR) is 77.3 cm³/mol. The second-order valence-electron chi connectivity index (χ2n) is 4.08. The third kappa shape index (κ3) is 3.96. The van der Waals surface area contributed by atoms with Crippen LogP contribution in [0, 0.1) is 0 Å². The third-order valence-corrected chi connectivity index (χ3v) is 2.84. The van der Waals surface area contributed by atoms with Crippen LogP contribution in [0.1, 0.15) is 12.5 Å². The van der Waals surface area contributed by atoms with Crippen LogP contribution in [0.5, 0.6) is 0 Å². The van der Waals surface area contributed by atoms with E-state index in [1.165, 1.54) is 6.92 Å². The van der Waals surface area contributed by atoms with Crippen molar-refractivity contribution in [1.82, 2.24) is 4.98 Å². The topological polar surface area (TPSA) is 54.0 Å². The second-order valence-corrected chi connectivity index (χ2v) is 4.49. The normalized spacial score (nSPS) is 10.0. The standard InChI is InChI=1S/C14H14ClN3O/c1-10(19)18-14-3-2-12(8-13(14)15)17-9-11-4-6-16-7-5-11/h2-8,17H,9H2,1H3,(H,18,19). The number of nitrogens with one attached hydrogen (secondary N) is 2. The van der Waals surface area contributed by atoms with Gasteiger partial charge in [0.25, 0.3) is 0 Å². The molecule has 0 bridgehead atoms.